The number of piperidine rings is 1. The Morgan fingerprint density at radius 2 is 1.91 bits per heavy atom. The summed E-state index contributed by atoms with van der Waals surface area (Å²) in [4.78, 5) is 35.5. The first-order valence-corrected chi connectivity index (χ1v) is 7.44. The summed E-state index contributed by atoms with van der Waals surface area (Å²) in [6, 6.07) is 6.06. The van der Waals surface area contributed by atoms with Crippen LogP contribution in [-0.4, -0.2) is 41.4 Å². The number of hydrogen-bond donors (Lipinski definition) is 0. The molecule has 122 valence electrons. The molecule has 1 aromatic rings. The van der Waals surface area contributed by atoms with Gasteiger partial charge in [0.15, 0.2) is 6.61 Å². The molecule has 0 radical (unpaired) electrons. The number of benzene rings is 1. The highest BCUT2D eigenvalue weighted by Gasteiger charge is 2.17. The molecule has 1 fully saturated rings. The zero-order chi connectivity index (χ0) is 16.7. The Hall–Kier alpha value is -2.70. The molecule has 0 saturated carbocycles. The minimum atomic E-state index is -0.700. The van der Waals surface area contributed by atoms with Gasteiger partial charge >= 0.3 is 5.97 Å². The van der Waals surface area contributed by atoms with Gasteiger partial charge in [0.05, 0.1) is 10.5 Å². The molecule has 2 rings (SSSR count). The van der Waals surface area contributed by atoms with Crippen molar-refractivity contribution in [2.24, 2.45) is 0 Å². The largest absolute Gasteiger partial charge is 0.452 e. The maximum absolute atomic E-state index is 11.9. The molecule has 7 heteroatoms. The number of esters is 1. The standard InChI is InChI=1S/C16H18N2O5/c19-15(17-10-4-1-5-11-17)12-23-16(20)9-8-13-6-2-3-7-14(13)18(21)22/h2-3,6-9H,1,4-5,10-12H2/b9-8+. The van der Waals surface area contributed by atoms with Gasteiger partial charge in [-0.25, -0.2) is 4.79 Å². The first-order chi connectivity index (χ1) is 11.1. The van der Waals surface area contributed by atoms with E-state index in [9.17, 15) is 19.7 Å². The highest BCUT2D eigenvalue weighted by Crippen LogP contribution is 2.18. The van der Waals surface area contributed by atoms with E-state index in [4.69, 9.17) is 4.74 Å². The van der Waals surface area contributed by atoms with Crippen molar-refractivity contribution in [3.8, 4) is 0 Å². The molecule has 0 bridgehead atoms. The number of carbonyl (C=O) groups is 2. The Kier molecular flexibility index (Phi) is 5.85. The molecule has 0 aliphatic carbocycles. The third-order valence-electron chi connectivity index (χ3n) is 3.58. The summed E-state index contributed by atoms with van der Waals surface area (Å²) in [6.45, 7) is 1.09. The number of amides is 1. The molecule has 0 aromatic heterocycles. The Morgan fingerprint density at radius 3 is 2.61 bits per heavy atom. The Morgan fingerprint density at radius 1 is 1.22 bits per heavy atom. The van der Waals surface area contributed by atoms with Gasteiger partial charge in [-0.05, 0) is 31.4 Å². The fourth-order valence-electron chi connectivity index (χ4n) is 2.37. The lowest BCUT2D eigenvalue weighted by atomic mass is 10.1. The second-order valence-electron chi connectivity index (χ2n) is 5.20. The van der Waals surface area contributed by atoms with Gasteiger partial charge in [0.1, 0.15) is 0 Å². The minimum absolute atomic E-state index is 0.0963. The van der Waals surface area contributed by atoms with Crippen molar-refractivity contribution in [3.05, 3.63) is 46.0 Å². The van der Waals surface area contributed by atoms with Gasteiger partial charge in [-0.15, -0.1) is 0 Å². The molecule has 1 heterocycles. The molecule has 23 heavy (non-hydrogen) atoms. The fraction of sp³-hybridized carbons (Fsp3) is 0.375. The predicted octanol–water partition coefficient (Wildman–Crippen LogP) is 2.16. The molecule has 0 N–H and O–H groups in total. The van der Waals surface area contributed by atoms with Gasteiger partial charge in [0.2, 0.25) is 0 Å². The smallest absolute Gasteiger partial charge is 0.331 e. The lowest BCUT2D eigenvalue weighted by Gasteiger charge is -2.26. The lowest BCUT2D eigenvalue weighted by Crippen LogP contribution is -2.38. The summed E-state index contributed by atoms with van der Waals surface area (Å²) >= 11 is 0. The third kappa shape index (κ3) is 4.91. The molecule has 7 nitrogen and oxygen atoms in total. The number of nitro groups is 1. The highest BCUT2D eigenvalue weighted by atomic mass is 16.6. The van der Waals surface area contributed by atoms with Crippen LogP contribution in [0.2, 0.25) is 0 Å². The summed E-state index contributed by atoms with van der Waals surface area (Å²) in [5.41, 5.74) is 0.206. The second-order valence-corrected chi connectivity index (χ2v) is 5.20. The summed E-state index contributed by atoms with van der Waals surface area (Å²) in [7, 11) is 0. The van der Waals surface area contributed by atoms with E-state index in [0.717, 1.165) is 25.3 Å². The van der Waals surface area contributed by atoms with Crippen LogP contribution in [0, 0.1) is 10.1 Å². The number of para-hydroxylation sites is 1. The summed E-state index contributed by atoms with van der Waals surface area (Å²) < 4.78 is 4.89. The minimum Gasteiger partial charge on any atom is -0.452 e. The van der Waals surface area contributed by atoms with E-state index in [1.54, 1.807) is 17.0 Å². The maximum atomic E-state index is 11.9. The average molecular weight is 318 g/mol. The van der Waals surface area contributed by atoms with Crippen LogP contribution < -0.4 is 0 Å². The molecule has 0 unspecified atom stereocenters. The van der Waals surface area contributed by atoms with Crippen LogP contribution >= 0.6 is 0 Å². The number of rotatable bonds is 5. The Balaban J connectivity index is 1.87. The van der Waals surface area contributed by atoms with Crippen LogP contribution in [-0.2, 0) is 14.3 Å². The molecule has 0 atom stereocenters. The SMILES string of the molecule is O=C(/C=C/c1ccccc1[N+](=O)[O-])OCC(=O)N1CCCCC1. The molecule has 1 aliphatic heterocycles. The van der Waals surface area contributed by atoms with Crippen molar-refractivity contribution in [1.82, 2.24) is 4.90 Å². The number of ether oxygens (including phenoxy) is 1. The van der Waals surface area contributed by atoms with Crippen LogP contribution in [0.1, 0.15) is 24.8 Å². The summed E-state index contributed by atoms with van der Waals surface area (Å²) in [5.74, 6) is -0.911. The zero-order valence-corrected chi connectivity index (χ0v) is 12.6. The van der Waals surface area contributed by atoms with Crippen molar-refractivity contribution in [3.63, 3.8) is 0 Å². The van der Waals surface area contributed by atoms with E-state index >= 15 is 0 Å². The second kappa shape index (κ2) is 8.07. The summed E-state index contributed by atoms with van der Waals surface area (Å²) in [6.07, 6.45) is 5.45. The van der Waals surface area contributed by atoms with E-state index < -0.39 is 10.9 Å². The number of nitro benzene ring substituents is 1. The third-order valence-corrected chi connectivity index (χ3v) is 3.58. The Bertz CT molecular complexity index is 621. The van der Waals surface area contributed by atoms with Gasteiger partial charge in [0.25, 0.3) is 11.6 Å². The molecular weight excluding hydrogens is 300 g/mol. The van der Waals surface area contributed by atoms with E-state index in [-0.39, 0.29) is 18.2 Å². The van der Waals surface area contributed by atoms with Crippen LogP contribution in [0.4, 0.5) is 5.69 Å². The predicted molar refractivity (Wildman–Crippen MR) is 83.5 cm³/mol. The first kappa shape index (κ1) is 16.7. The van der Waals surface area contributed by atoms with Crippen molar-refractivity contribution < 1.29 is 19.2 Å². The van der Waals surface area contributed by atoms with Crippen LogP contribution in [0.15, 0.2) is 30.3 Å². The molecule has 1 aliphatic rings. The van der Waals surface area contributed by atoms with Crippen molar-refractivity contribution in [2.75, 3.05) is 19.7 Å². The number of likely N-dealkylation sites (tertiary alicyclic amines) is 1. The molecule has 1 amide bonds. The van der Waals surface area contributed by atoms with Gasteiger partial charge in [-0.2, -0.15) is 0 Å². The van der Waals surface area contributed by atoms with E-state index in [2.05, 4.69) is 0 Å². The molecule has 1 aromatic carbocycles. The monoisotopic (exact) mass is 318 g/mol. The van der Waals surface area contributed by atoms with Gasteiger partial charge in [-0.3, -0.25) is 14.9 Å². The first-order valence-electron chi connectivity index (χ1n) is 7.44. The number of hydrogen-bond acceptors (Lipinski definition) is 5. The molecule has 0 spiro atoms. The van der Waals surface area contributed by atoms with Crippen molar-refractivity contribution in [2.45, 2.75) is 19.3 Å². The lowest BCUT2D eigenvalue weighted by molar-refractivity contribution is -0.385. The highest BCUT2D eigenvalue weighted by molar-refractivity contribution is 5.89. The van der Waals surface area contributed by atoms with Gasteiger partial charge < -0.3 is 9.64 Å². The Labute approximate surface area is 133 Å². The summed E-state index contributed by atoms with van der Waals surface area (Å²) in [5, 5.41) is 10.9. The van der Waals surface area contributed by atoms with E-state index in [1.807, 2.05) is 0 Å². The quantitative estimate of drug-likeness (QED) is 0.359. The van der Waals surface area contributed by atoms with Crippen LogP contribution in [0.3, 0.4) is 0 Å². The fourth-order valence-corrected chi connectivity index (χ4v) is 2.37. The van der Waals surface area contributed by atoms with Gasteiger partial charge in [0, 0.05) is 25.2 Å². The van der Waals surface area contributed by atoms with Crippen molar-refractivity contribution in [1.29, 1.82) is 0 Å². The van der Waals surface area contributed by atoms with Gasteiger partial charge in [-0.1, -0.05) is 12.1 Å². The zero-order valence-electron chi connectivity index (χ0n) is 12.6. The number of nitrogens with zero attached hydrogens (tertiary/aromatic N) is 2. The molecular formula is C16H18N2O5. The van der Waals surface area contributed by atoms with Crippen molar-refractivity contribution >= 4 is 23.6 Å². The topological polar surface area (TPSA) is 89.7 Å². The average Bonchev–Trinajstić information content (AvgIpc) is 2.58. The normalized spacial score (nSPS) is 14.7. The number of carbonyl (C=O) groups excluding carboxylic acids is 2. The maximum Gasteiger partial charge on any atom is 0.331 e. The van der Waals surface area contributed by atoms with Crippen LogP contribution in [0.5, 0.6) is 0 Å². The van der Waals surface area contributed by atoms with E-state index in [1.165, 1.54) is 18.2 Å². The van der Waals surface area contributed by atoms with E-state index in [0.29, 0.717) is 18.7 Å². The molecule has 1 saturated heterocycles. The van der Waals surface area contributed by atoms with Crippen LogP contribution in [0.25, 0.3) is 6.08 Å².